The van der Waals surface area contributed by atoms with Gasteiger partial charge in [0.1, 0.15) is 0 Å². The summed E-state index contributed by atoms with van der Waals surface area (Å²) in [6, 6.07) is 14.9. The lowest BCUT2D eigenvalue weighted by atomic mass is 10.1. The first-order chi connectivity index (χ1) is 14.0. The number of amides is 2. The monoisotopic (exact) mass is 411 g/mol. The number of hydrogen-bond donors (Lipinski definition) is 2. The molecule has 1 heterocycles. The zero-order chi connectivity index (χ0) is 20.6. The molecule has 0 spiro atoms. The summed E-state index contributed by atoms with van der Waals surface area (Å²) in [6.07, 6.45) is 0. The second kappa shape index (κ2) is 9.70. The summed E-state index contributed by atoms with van der Waals surface area (Å²) in [5.74, 6) is 0.703. The maximum atomic E-state index is 12.2. The van der Waals surface area contributed by atoms with Gasteiger partial charge < -0.3 is 14.8 Å². The Kier molecular flexibility index (Phi) is 6.80. The lowest BCUT2D eigenvalue weighted by Crippen LogP contribution is -2.20. The smallest absolute Gasteiger partial charge is 0.264 e. The summed E-state index contributed by atoms with van der Waals surface area (Å²) in [5.41, 5.74) is 2.70. The van der Waals surface area contributed by atoms with Gasteiger partial charge in [0, 0.05) is 24.4 Å². The van der Waals surface area contributed by atoms with Crippen LogP contribution in [0, 0.1) is 0 Å². The van der Waals surface area contributed by atoms with Gasteiger partial charge in [0.25, 0.3) is 5.91 Å². The SMILES string of the molecule is COc1ccccc1OCC(=O)Nc1nc(-c2ccc(CNC(C)=O)cc2)cs1. The van der Waals surface area contributed by atoms with Gasteiger partial charge >= 0.3 is 0 Å². The molecule has 150 valence electrons. The third-order valence-electron chi connectivity index (χ3n) is 3.97. The van der Waals surface area contributed by atoms with Crippen molar-refractivity contribution in [2.24, 2.45) is 0 Å². The van der Waals surface area contributed by atoms with Crippen molar-refractivity contribution >= 4 is 28.3 Å². The first-order valence-electron chi connectivity index (χ1n) is 8.90. The zero-order valence-corrected chi connectivity index (χ0v) is 16.9. The third-order valence-corrected chi connectivity index (χ3v) is 4.73. The fourth-order valence-electron chi connectivity index (χ4n) is 2.52. The number of benzene rings is 2. The topological polar surface area (TPSA) is 89.6 Å². The molecule has 0 fully saturated rings. The van der Waals surface area contributed by atoms with Crippen molar-refractivity contribution < 1.29 is 19.1 Å². The number of rotatable bonds is 8. The van der Waals surface area contributed by atoms with E-state index in [1.54, 1.807) is 19.2 Å². The van der Waals surface area contributed by atoms with E-state index in [4.69, 9.17) is 9.47 Å². The molecule has 3 rings (SSSR count). The van der Waals surface area contributed by atoms with Crippen LogP contribution in [-0.2, 0) is 16.1 Å². The number of para-hydroxylation sites is 2. The number of nitrogens with zero attached hydrogens (tertiary/aromatic N) is 1. The van der Waals surface area contributed by atoms with E-state index in [1.165, 1.54) is 18.3 Å². The van der Waals surface area contributed by atoms with Gasteiger partial charge in [-0.25, -0.2) is 4.98 Å². The van der Waals surface area contributed by atoms with E-state index >= 15 is 0 Å². The van der Waals surface area contributed by atoms with Crippen molar-refractivity contribution in [2.75, 3.05) is 19.0 Å². The summed E-state index contributed by atoms with van der Waals surface area (Å²) in [6.45, 7) is 1.83. The van der Waals surface area contributed by atoms with E-state index in [0.717, 1.165) is 16.8 Å². The first-order valence-corrected chi connectivity index (χ1v) is 9.78. The molecule has 7 nitrogen and oxygen atoms in total. The van der Waals surface area contributed by atoms with E-state index in [-0.39, 0.29) is 18.4 Å². The Morgan fingerprint density at radius 2 is 1.79 bits per heavy atom. The van der Waals surface area contributed by atoms with Crippen LogP contribution in [0.2, 0.25) is 0 Å². The molecule has 0 saturated carbocycles. The van der Waals surface area contributed by atoms with Crippen LogP contribution < -0.4 is 20.1 Å². The molecule has 3 aromatic rings. The van der Waals surface area contributed by atoms with Gasteiger partial charge in [-0.05, 0) is 17.7 Å². The molecule has 0 atom stereocenters. The molecule has 2 aromatic carbocycles. The van der Waals surface area contributed by atoms with Gasteiger partial charge in [-0.3, -0.25) is 14.9 Å². The largest absolute Gasteiger partial charge is 0.493 e. The number of carbonyl (C=O) groups is 2. The average molecular weight is 411 g/mol. The summed E-state index contributed by atoms with van der Waals surface area (Å²) in [4.78, 5) is 27.6. The highest BCUT2D eigenvalue weighted by Gasteiger charge is 2.10. The third kappa shape index (κ3) is 5.79. The maximum Gasteiger partial charge on any atom is 0.264 e. The minimum absolute atomic E-state index is 0.0661. The predicted octanol–water partition coefficient (Wildman–Crippen LogP) is 3.47. The van der Waals surface area contributed by atoms with Crippen molar-refractivity contribution in [1.29, 1.82) is 0 Å². The van der Waals surface area contributed by atoms with Gasteiger partial charge in [-0.2, -0.15) is 0 Å². The molecule has 0 radical (unpaired) electrons. The summed E-state index contributed by atoms with van der Waals surface area (Å²) in [7, 11) is 1.55. The van der Waals surface area contributed by atoms with Crippen LogP contribution in [-0.4, -0.2) is 30.5 Å². The molecule has 0 saturated heterocycles. The Labute approximate surface area is 172 Å². The van der Waals surface area contributed by atoms with Gasteiger partial charge in [0.2, 0.25) is 5.91 Å². The summed E-state index contributed by atoms with van der Waals surface area (Å²) in [5, 5.41) is 7.87. The van der Waals surface area contributed by atoms with E-state index in [2.05, 4.69) is 15.6 Å². The molecule has 0 aliphatic heterocycles. The van der Waals surface area contributed by atoms with Crippen LogP contribution in [0.3, 0.4) is 0 Å². The number of ether oxygens (including phenoxy) is 2. The Bertz CT molecular complexity index is 986. The molecular weight excluding hydrogens is 390 g/mol. The van der Waals surface area contributed by atoms with Crippen molar-refractivity contribution in [1.82, 2.24) is 10.3 Å². The van der Waals surface area contributed by atoms with Gasteiger partial charge in [0.15, 0.2) is 23.2 Å². The number of anilines is 1. The van der Waals surface area contributed by atoms with Crippen LogP contribution >= 0.6 is 11.3 Å². The van der Waals surface area contributed by atoms with Crippen molar-refractivity contribution in [2.45, 2.75) is 13.5 Å². The lowest BCUT2D eigenvalue weighted by Gasteiger charge is -2.09. The van der Waals surface area contributed by atoms with Crippen molar-refractivity contribution in [3.05, 3.63) is 59.5 Å². The molecule has 0 bridgehead atoms. The summed E-state index contributed by atoms with van der Waals surface area (Å²) >= 11 is 1.34. The number of carbonyl (C=O) groups excluding carboxylic acids is 2. The second-order valence-electron chi connectivity index (χ2n) is 6.13. The number of methoxy groups -OCH3 is 1. The van der Waals surface area contributed by atoms with E-state index in [0.29, 0.717) is 23.2 Å². The first kappa shape index (κ1) is 20.3. The lowest BCUT2D eigenvalue weighted by molar-refractivity contribution is -0.119. The molecular formula is C21H21N3O4S. The standard InChI is InChI=1S/C21H21N3O4S/c1-14(25)22-11-15-7-9-16(10-8-15)17-13-29-21(23-17)24-20(26)12-28-19-6-4-3-5-18(19)27-2/h3-10,13H,11-12H2,1-2H3,(H,22,25)(H,23,24,26). The van der Waals surface area contributed by atoms with Crippen LogP contribution in [0.15, 0.2) is 53.9 Å². The molecule has 2 amide bonds. The van der Waals surface area contributed by atoms with E-state index < -0.39 is 0 Å². The van der Waals surface area contributed by atoms with Gasteiger partial charge in [-0.15, -0.1) is 11.3 Å². The maximum absolute atomic E-state index is 12.2. The second-order valence-corrected chi connectivity index (χ2v) is 6.99. The van der Waals surface area contributed by atoms with Crippen LogP contribution in [0.5, 0.6) is 11.5 Å². The minimum Gasteiger partial charge on any atom is -0.493 e. The minimum atomic E-state index is -0.303. The van der Waals surface area contributed by atoms with E-state index in [1.807, 2.05) is 41.8 Å². The molecule has 29 heavy (non-hydrogen) atoms. The number of aromatic nitrogens is 1. The fraction of sp³-hybridized carbons (Fsp3) is 0.190. The van der Waals surface area contributed by atoms with Crippen LogP contribution in [0.4, 0.5) is 5.13 Å². The van der Waals surface area contributed by atoms with Crippen LogP contribution in [0.1, 0.15) is 12.5 Å². The number of thiazole rings is 1. The molecule has 0 unspecified atom stereocenters. The molecule has 8 heteroatoms. The number of nitrogens with one attached hydrogen (secondary N) is 2. The van der Waals surface area contributed by atoms with Gasteiger partial charge in [-0.1, -0.05) is 36.4 Å². The average Bonchev–Trinajstić information content (AvgIpc) is 3.19. The highest BCUT2D eigenvalue weighted by atomic mass is 32.1. The molecule has 0 aliphatic rings. The van der Waals surface area contributed by atoms with Crippen LogP contribution in [0.25, 0.3) is 11.3 Å². The molecule has 1 aromatic heterocycles. The highest BCUT2D eigenvalue weighted by molar-refractivity contribution is 7.14. The molecule has 0 aliphatic carbocycles. The Hall–Kier alpha value is -3.39. The van der Waals surface area contributed by atoms with Crippen molar-refractivity contribution in [3.63, 3.8) is 0 Å². The normalized spacial score (nSPS) is 10.3. The Morgan fingerprint density at radius 1 is 1.07 bits per heavy atom. The number of hydrogen-bond acceptors (Lipinski definition) is 6. The quantitative estimate of drug-likeness (QED) is 0.592. The highest BCUT2D eigenvalue weighted by Crippen LogP contribution is 2.27. The zero-order valence-electron chi connectivity index (χ0n) is 16.1. The van der Waals surface area contributed by atoms with E-state index in [9.17, 15) is 9.59 Å². The Balaban J connectivity index is 1.55. The molecule has 2 N–H and O–H groups in total. The van der Waals surface area contributed by atoms with Gasteiger partial charge in [0.05, 0.1) is 12.8 Å². The predicted molar refractivity (Wildman–Crippen MR) is 112 cm³/mol. The summed E-state index contributed by atoms with van der Waals surface area (Å²) < 4.78 is 10.7. The fourth-order valence-corrected chi connectivity index (χ4v) is 3.26. The Morgan fingerprint density at radius 3 is 2.48 bits per heavy atom. The van der Waals surface area contributed by atoms with Crippen molar-refractivity contribution in [3.8, 4) is 22.8 Å².